The lowest BCUT2D eigenvalue weighted by Crippen LogP contribution is -2.21. The summed E-state index contributed by atoms with van der Waals surface area (Å²) < 4.78 is 0. The van der Waals surface area contributed by atoms with Crippen molar-refractivity contribution in [1.29, 1.82) is 0 Å². The van der Waals surface area contributed by atoms with Gasteiger partial charge in [0.25, 0.3) is 0 Å². The number of hydrogen-bond acceptors (Lipinski definition) is 2. The summed E-state index contributed by atoms with van der Waals surface area (Å²) in [7, 11) is 0. The second-order valence-corrected chi connectivity index (χ2v) is 8.24. The van der Waals surface area contributed by atoms with Crippen molar-refractivity contribution in [3.8, 4) is 0 Å². The SMILES string of the molecule is O=C1CCCCC1Cc1ccc2cc(CC3CCCCC3=O)ccc2c1. The molecular weight excluding hydrogens is 320 g/mol. The van der Waals surface area contributed by atoms with Crippen molar-refractivity contribution in [2.75, 3.05) is 0 Å². The average Bonchev–Trinajstić information content (AvgIpc) is 2.66. The number of carbonyl (C=O) groups is 2. The lowest BCUT2D eigenvalue weighted by atomic mass is 9.82. The van der Waals surface area contributed by atoms with Crippen molar-refractivity contribution in [1.82, 2.24) is 0 Å². The molecule has 0 bridgehead atoms. The van der Waals surface area contributed by atoms with Gasteiger partial charge in [0.15, 0.2) is 0 Å². The van der Waals surface area contributed by atoms with Gasteiger partial charge in [0, 0.05) is 24.7 Å². The molecule has 2 aromatic carbocycles. The van der Waals surface area contributed by atoms with Crippen molar-refractivity contribution in [3.05, 3.63) is 47.5 Å². The third kappa shape index (κ3) is 3.90. The van der Waals surface area contributed by atoms with Gasteiger partial charge in [-0.25, -0.2) is 0 Å². The number of Topliss-reactive ketones (excluding diaryl/α,β-unsaturated/α-hetero) is 2. The van der Waals surface area contributed by atoms with Crippen molar-refractivity contribution in [2.45, 2.75) is 64.2 Å². The Morgan fingerprint density at radius 2 is 1.12 bits per heavy atom. The number of ketones is 2. The van der Waals surface area contributed by atoms with E-state index >= 15 is 0 Å². The largest absolute Gasteiger partial charge is 0.299 e. The molecule has 2 nitrogen and oxygen atoms in total. The lowest BCUT2D eigenvalue weighted by molar-refractivity contribution is -0.125. The molecule has 0 aliphatic heterocycles. The molecule has 2 aliphatic carbocycles. The summed E-state index contributed by atoms with van der Waals surface area (Å²) in [5.41, 5.74) is 2.54. The number of benzene rings is 2. The van der Waals surface area contributed by atoms with Crippen LogP contribution >= 0.6 is 0 Å². The summed E-state index contributed by atoms with van der Waals surface area (Å²) in [6, 6.07) is 13.2. The molecule has 0 aromatic heterocycles. The molecule has 2 aromatic rings. The third-order valence-corrected chi connectivity index (χ3v) is 6.30. The molecule has 2 aliphatic rings. The maximum Gasteiger partial charge on any atom is 0.136 e. The fraction of sp³-hybridized carbons (Fsp3) is 0.500. The Morgan fingerprint density at radius 1 is 0.654 bits per heavy atom. The number of carbonyl (C=O) groups excluding carboxylic acids is 2. The predicted octanol–water partition coefficient (Wildman–Crippen LogP) is 5.44. The minimum atomic E-state index is 0.220. The first-order valence-electron chi connectivity index (χ1n) is 10.3. The molecule has 2 saturated carbocycles. The van der Waals surface area contributed by atoms with E-state index in [4.69, 9.17) is 0 Å². The van der Waals surface area contributed by atoms with E-state index in [-0.39, 0.29) is 11.8 Å². The number of hydrogen-bond donors (Lipinski definition) is 0. The number of rotatable bonds is 4. The maximum atomic E-state index is 12.1. The molecule has 2 atom stereocenters. The fourth-order valence-electron chi connectivity index (χ4n) is 4.71. The van der Waals surface area contributed by atoms with Gasteiger partial charge in [0.1, 0.15) is 11.6 Å². The maximum absolute atomic E-state index is 12.1. The van der Waals surface area contributed by atoms with Crippen LogP contribution in [0.25, 0.3) is 10.8 Å². The third-order valence-electron chi connectivity index (χ3n) is 6.30. The van der Waals surface area contributed by atoms with E-state index in [1.807, 2.05) is 0 Å². The van der Waals surface area contributed by atoms with Gasteiger partial charge in [-0.05, 0) is 60.4 Å². The van der Waals surface area contributed by atoms with Crippen LogP contribution in [0.4, 0.5) is 0 Å². The zero-order chi connectivity index (χ0) is 17.9. The molecular formula is C24H28O2. The van der Waals surface area contributed by atoms with Gasteiger partial charge in [-0.15, -0.1) is 0 Å². The lowest BCUT2D eigenvalue weighted by Gasteiger charge is -2.21. The zero-order valence-corrected chi connectivity index (χ0v) is 15.5. The second-order valence-electron chi connectivity index (χ2n) is 8.24. The molecule has 0 amide bonds. The van der Waals surface area contributed by atoms with Gasteiger partial charge in [0.2, 0.25) is 0 Å². The van der Waals surface area contributed by atoms with E-state index in [0.29, 0.717) is 11.6 Å². The summed E-state index contributed by atoms with van der Waals surface area (Å²) in [5, 5.41) is 2.48. The Labute approximate surface area is 156 Å². The van der Waals surface area contributed by atoms with E-state index in [1.54, 1.807) is 0 Å². The van der Waals surface area contributed by atoms with Crippen molar-refractivity contribution in [2.24, 2.45) is 11.8 Å². The Bertz CT molecular complexity index is 751. The molecule has 26 heavy (non-hydrogen) atoms. The van der Waals surface area contributed by atoms with Crippen LogP contribution < -0.4 is 0 Å². The predicted molar refractivity (Wildman–Crippen MR) is 105 cm³/mol. The Balaban J connectivity index is 1.49. The van der Waals surface area contributed by atoms with Gasteiger partial charge >= 0.3 is 0 Å². The highest BCUT2D eigenvalue weighted by Crippen LogP contribution is 2.28. The molecule has 0 radical (unpaired) electrons. The molecule has 2 unspecified atom stereocenters. The molecule has 0 spiro atoms. The van der Waals surface area contributed by atoms with Gasteiger partial charge in [-0.1, -0.05) is 49.2 Å². The van der Waals surface area contributed by atoms with E-state index in [0.717, 1.165) is 51.4 Å². The Hall–Kier alpha value is -1.96. The molecule has 136 valence electrons. The van der Waals surface area contributed by atoms with Gasteiger partial charge in [-0.3, -0.25) is 9.59 Å². The Kier molecular flexibility index (Phi) is 5.19. The fourth-order valence-corrected chi connectivity index (χ4v) is 4.71. The van der Waals surface area contributed by atoms with Crippen LogP contribution in [0, 0.1) is 11.8 Å². The zero-order valence-electron chi connectivity index (χ0n) is 15.5. The van der Waals surface area contributed by atoms with Gasteiger partial charge in [0.05, 0.1) is 0 Å². The van der Waals surface area contributed by atoms with Crippen LogP contribution in [0.3, 0.4) is 0 Å². The van der Waals surface area contributed by atoms with Crippen molar-refractivity contribution in [3.63, 3.8) is 0 Å². The molecule has 2 fully saturated rings. The smallest absolute Gasteiger partial charge is 0.136 e. The van der Waals surface area contributed by atoms with Crippen LogP contribution in [-0.2, 0) is 22.4 Å². The van der Waals surface area contributed by atoms with Crippen LogP contribution in [0.2, 0.25) is 0 Å². The summed E-state index contributed by atoms with van der Waals surface area (Å²) >= 11 is 0. The molecule has 0 heterocycles. The summed E-state index contributed by atoms with van der Waals surface area (Å²) in [6.45, 7) is 0. The molecule has 2 heteroatoms. The summed E-state index contributed by atoms with van der Waals surface area (Å²) in [6.07, 6.45) is 9.90. The minimum absolute atomic E-state index is 0.220. The standard InChI is InChI=1S/C24H28O2/c25-23-7-3-1-5-21(23)15-17-9-11-20-14-18(10-12-19(20)13-17)16-22-6-2-4-8-24(22)26/h9-14,21-22H,1-8,15-16H2. The first-order valence-corrected chi connectivity index (χ1v) is 10.3. The van der Waals surface area contributed by atoms with Gasteiger partial charge < -0.3 is 0 Å². The van der Waals surface area contributed by atoms with E-state index in [9.17, 15) is 9.59 Å². The van der Waals surface area contributed by atoms with Crippen molar-refractivity contribution >= 4 is 22.3 Å². The quantitative estimate of drug-likeness (QED) is 0.737. The van der Waals surface area contributed by atoms with Crippen molar-refractivity contribution < 1.29 is 9.59 Å². The minimum Gasteiger partial charge on any atom is -0.299 e. The van der Waals surface area contributed by atoms with Crippen LogP contribution in [-0.4, -0.2) is 11.6 Å². The van der Waals surface area contributed by atoms with Crippen LogP contribution in [0.1, 0.15) is 62.5 Å². The van der Waals surface area contributed by atoms with E-state index in [1.165, 1.54) is 34.7 Å². The summed E-state index contributed by atoms with van der Waals surface area (Å²) in [5.74, 6) is 1.34. The monoisotopic (exact) mass is 348 g/mol. The normalized spacial score (nSPS) is 24.2. The highest BCUT2D eigenvalue weighted by Gasteiger charge is 2.23. The van der Waals surface area contributed by atoms with Gasteiger partial charge in [-0.2, -0.15) is 0 Å². The highest BCUT2D eigenvalue weighted by atomic mass is 16.1. The molecule has 0 N–H and O–H groups in total. The first-order chi connectivity index (χ1) is 12.7. The van der Waals surface area contributed by atoms with E-state index in [2.05, 4.69) is 36.4 Å². The second kappa shape index (κ2) is 7.73. The summed E-state index contributed by atoms with van der Waals surface area (Å²) in [4.78, 5) is 24.2. The van der Waals surface area contributed by atoms with E-state index < -0.39 is 0 Å². The molecule has 0 saturated heterocycles. The highest BCUT2D eigenvalue weighted by molar-refractivity contribution is 5.85. The molecule has 4 rings (SSSR count). The Morgan fingerprint density at radius 3 is 1.54 bits per heavy atom. The van der Waals surface area contributed by atoms with Crippen LogP contribution in [0.15, 0.2) is 36.4 Å². The average molecular weight is 348 g/mol. The number of fused-ring (bicyclic) bond motifs is 1. The van der Waals surface area contributed by atoms with Crippen LogP contribution in [0.5, 0.6) is 0 Å². The topological polar surface area (TPSA) is 34.1 Å². The first kappa shape index (κ1) is 17.5.